The zero-order chi connectivity index (χ0) is 24.7. The molecule has 0 bridgehead atoms. The number of amides is 1. The highest BCUT2D eigenvalue weighted by atomic mass is 32.2. The summed E-state index contributed by atoms with van der Waals surface area (Å²) in [7, 11) is -3.23. The minimum Gasteiger partial charge on any atom is -0.348 e. The molecule has 0 saturated heterocycles. The predicted molar refractivity (Wildman–Crippen MR) is 136 cm³/mol. The molecular weight excluding hydrogens is 460 g/mol. The minimum atomic E-state index is -3.23. The van der Waals surface area contributed by atoms with E-state index in [1.807, 2.05) is 29.8 Å². The summed E-state index contributed by atoms with van der Waals surface area (Å²) in [5, 5.41) is 8.63. The van der Waals surface area contributed by atoms with Crippen molar-refractivity contribution >= 4 is 26.6 Å². The number of nitrogens with one attached hydrogen (secondary N) is 1. The first-order chi connectivity index (χ1) is 16.7. The molecule has 1 aliphatic carbocycles. The molecule has 35 heavy (non-hydrogen) atoms. The number of hydrogen-bond acceptors (Lipinski definition) is 4. The Balaban J connectivity index is 1.34. The quantitative estimate of drug-likeness (QED) is 0.392. The topological polar surface area (TPSA) is 86.0 Å². The Hall–Kier alpha value is -3.39. The van der Waals surface area contributed by atoms with Crippen molar-refractivity contribution < 1.29 is 13.2 Å². The van der Waals surface area contributed by atoms with E-state index in [0.29, 0.717) is 29.6 Å². The van der Waals surface area contributed by atoms with Crippen molar-refractivity contribution in [2.75, 3.05) is 5.75 Å². The zero-order valence-corrected chi connectivity index (χ0v) is 21.1. The van der Waals surface area contributed by atoms with Gasteiger partial charge < -0.3 is 9.88 Å². The first-order valence-corrected chi connectivity index (χ1v) is 13.6. The van der Waals surface area contributed by atoms with Crippen molar-refractivity contribution in [1.82, 2.24) is 19.7 Å². The lowest BCUT2D eigenvalue weighted by atomic mass is 10.1. The number of carbonyl (C=O) groups excluding carboxylic acids is 1. The van der Waals surface area contributed by atoms with Crippen LogP contribution in [0.1, 0.15) is 58.8 Å². The van der Waals surface area contributed by atoms with Gasteiger partial charge in [-0.2, -0.15) is 5.10 Å². The van der Waals surface area contributed by atoms with E-state index in [-0.39, 0.29) is 11.7 Å². The van der Waals surface area contributed by atoms with Crippen LogP contribution in [0.15, 0.2) is 59.5 Å². The lowest BCUT2D eigenvalue weighted by Gasteiger charge is -2.11. The van der Waals surface area contributed by atoms with Crippen molar-refractivity contribution in [1.29, 1.82) is 0 Å². The molecule has 182 valence electrons. The van der Waals surface area contributed by atoms with E-state index in [1.54, 1.807) is 31.2 Å². The van der Waals surface area contributed by atoms with Crippen LogP contribution in [-0.2, 0) is 22.9 Å². The van der Waals surface area contributed by atoms with Gasteiger partial charge in [0.15, 0.2) is 9.84 Å². The molecular formula is C27H30N4O3S. The van der Waals surface area contributed by atoms with Gasteiger partial charge in [-0.25, -0.2) is 8.42 Å². The number of carbonyl (C=O) groups is 1. The molecule has 1 N–H and O–H groups in total. The van der Waals surface area contributed by atoms with Gasteiger partial charge in [0, 0.05) is 40.4 Å². The summed E-state index contributed by atoms with van der Waals surface area (Å²) in [6.45, 7) is 6.74. The summed E-state index contributed by atoms with van der Waals surface area (Å²) >= 11 is 0. The second-order valence-corrected chi connectivity index (χ2v) is 11.6. The fourth-order valence-electron chi connectivity index (χ4n) is 4.57. The third kappa shape index (κ3) is 4.75. The summed E-state index contributed by atoms with van der Waals surface area (Å²) < 4.78 is 28.4. The molecule has 4 aromatic rings. The Morgan fingerprint density at radius 1 is 1.06 bits per heavy atom. The zero-order valence-electron chi connectivity index (χ0n) is 20.3. The van der Waals surface area contributed by atoms with Crippen molar-refractivity contribution in [2.24, 2.45) is 0 Å². The van der Waals surface area contributed by atoms with Crippen LogP contribution in [0.25, 0.3) is 10.9 Å². The van der Waals surface area contributed by atoms with E-state index in [1.165, 1.54) is 18.5 Å². The van der Waals surface area contributed by atoms with Gasteiger partial charge >= 0.3 is 0 Å². The smallest absolute Gasteiger partial charge is 0.251 e. The van der Waals surface area contributed by atoms with Crippen LogP contribution in [0.4, 0.5) is 0 Å². The normalized spacial score (nSPS) is 13.9. The molecule has 7 nitrogen and oxygen atoms in total. The number of nitrogens with zero attached hydrogens (tertiary/aromatic N) is 3. The standard InChI is InChI=1S/C27H30N4O3S/c1-4-35(33,34)25-10-5-20(6-11-25)16-28-27(32)21-7-12-26-22(14-21)15-24(31(26)23-8-9-23)17-30-19(3)13-18(2)29-30/h5-7,10-15,23H,4,8-9,16-17H2,1-3H3,(H,28,32). The number of aromatic nitrogens is 3. The van der Waals surface area contributed by atoms with Crippen LogP contribution in [0.2, 0.25) is 0 Å². The highest BCUT2D eigenvalue weighted by Crippen LogP contribution is 2.40. The highest BCUT2D eigenvalue weighted by molar-refractivity contribution is 7.91. The third-order valence-electron chi connectivity index (χ3n) is 6.62. The number of aryl methyl sites for hydroxylation is 2. The Labute approximate surface area is 205 Å². The summed E-state index contributed by atoms with van der Waals surface area (Å²) in [6, 6.07) is 17.3. The Morgan fingerprint density at radius 3 is 2.43 bits per heavy atom. The van der Waals surface area contributed by atoms with Crippen LogP contribution in [0.5, 0.6) is 0 Å². The maximum absolute atomic E-state index is 12.9. The fourth-order valence-corrected chi connectivity index (χ4v) is 5.46. The second-order valence-electron chi connectivity index (χ2n) is 9.33. The van der Waals surface area contributed by atoms with Crippen LogP contribution in [0.3, 0.4) is 0 Å². The maximum atomic E-state index is 12.9. The molecule has 0 spiro atoms. The van der Waals surface area contributed by atoms with Gasteiger partial charge in [0.05, 0.1) is 22.9 Å². The Kier molecular flexibility index (Phi) is 6.01. The number of benzene rings is 2. The van der Waals surface area contributed by atoms with Gasteiger partial charge in [0.1, 0.15) is 0 Å². The second kappa shape index (κ2) is 9.00. The molecule has 0 unspecified atom stereocenters. The van der Waals surface area contributed by atoms with Crippen molar-refractivity contribution in [3.05, 3.63) is 82.8 Å². The Morgan fingerprint density at radius 2 is 1.80 bits per heavy atom. The average molecular weight is 491 g/mol. The average Bonchev–Trinajstić information content (AvgIpc) is 3.54. The molecule has 1 fully saturated rings. The van der Waals surface area contributed by atoms with Gasteiger partial charge in [-0.05, 0) is 74.7 Å². The van der Waals surface area contributed by atoms with E-state index >= 15 is 0 Å². The third-order valence-corrected chi connectivity index (χ3v) is 8.37. The monoisotopic (exact) mass is 490 g/mol. The predicted octanol–water partition coefficient (Wildman–Crippen LogP) is 4.56. The van der Waals surface area contributed by atoms with E-state index in [4.69, 9.17) is 0 Å². The summed E-state index contributed by atoms with van der Waals surface area (Å²) in [4.78, 5) is 13.2. The maximum Gasteiger partial charge on any atom is 0.251 e. The summed E-state index contributed by atoms with van der Waals surface area (Å²) in [5.41, 5.74) is 5.95. The van der Waals surface area contributed by atoms with Gasteiger partial charge in [-0.1, -0.05) is 19.1 Å². The first-order valence-electron chi connectivity index (χ1n) is 12.0. The van der Waals surface area contributed by atoms with Crippen molar-refractivity contribution in [3.63, 3.8) is 0 Å². The fraction of sp³-hybridized carbons (Fsp3) is 0.333. The first kappa shape index (κ1) is 23.4. The van der Waals surface area contributed by atoms with E-state index in [0.717, 1.165) is 27.9 Å². The van der Waals surface area contributed by atoms with Crippen molar-refractivity contribution in [2.45, 2.75) is 57.6 Å². The van der Waals surface area contributed by atoms with Crippen molar-refractivity contribution in [3.8, 4) is 0 Å². The number of fused-ring (bicyclic) bond motifs is 1. The van der Waals surface area contributed by atoms with Gasteiger partial charge in [0.2, 0.25) is 0 Å². The van der Waals surface area contributed by atoms with E-state index in [2.05, 4.69) is 34.0 Å². The van der Waals surface area contributed by atoms with Gasteiger partial charge in [-0.3, -0.25) is 9.48 Å². The highest BCUT2D eigenvalue weighted by Gasteiger charge is 2.28. The number of rotatable bonds is 8. The van der Waals surface area contributed by atoms with Crippen LogP contribution < -0.4 is 5.32 Å². The molecule has 1 saturated carbocycles. The number of sulfone groups is 1. The van der Waals surface area contributed by atoms with E-state index in [9.17, 15) is 13.2 Å². The lowest BCUT2D eigenvalue weighted by molar-refractivity contribution is 0.0951. The molecule has 0 atom stereocenters. The van der Waals surface area contributed by atoms with E-state index < -0.39 is 9.84 Å². The lowest BCUT2D eigenvalue weighted by Crippen LogP contribution is -2.22. The Bertz CT molecular complexity index is 1510. The molecule has 2 aromatic carbocycles. The van der Waals surface area contributed by atoms with Gasteiger partial charge in [0.25, 0.3) is 5.91 Å². The largest absolute Gasteiger partial charge is 0.348 e. The molecule has 2 aromatic heterocycles. The SMILES string of the molecule is CCS(=O)(=O)c1ccc(CNC(=O)c2ccc3c(c2)cc(Cn2nc(C)cc2C)n3C2CC2)cc1. The van der Waals surface area contributed by atoms with Crippen LogP contribution in [-0.4, -0.2) is 34.4 Å². The summed E-state index contributed by atoms with van der Waals surface area (Å²) in [6.07, 6.45) is 2.35. The minimum absolute atomic E-state index is 0.0664. The molecule has 2 heterocycles. The summed E-state index contributed by atoms with van der Waals surface area (Å²) in [5.74, 6) is -0.0897. The molecule has 8 heteroatoms. The molecule has 1 amide bonds. The molecule has 1 aliphatic rings. The number of hydrogen-bond donors (Lipinski definition) is 1. The molecule has 0 radical (unpaired) electrons. The van der Waals surface area contributed by atoms with Crippen LogP contribution >= 0.6 is 0 Å². The molecule has 0 aliphatic heterocycles. The molecule has 5 rings (SSSR count). The van der Waals surface area contributed by atoms with Gasteiger partial charge in [-0.15, -0.1) is 0 Å². The van der Waals surface area contributed by atoms with Crippen LogP contribution in [0, 0.1) is 13.8 Å².